The van der Waals surface area contributed by atoms with Crippen molar-refractivity contribution in [3.63, 3.8) is 0 Å². The van der Waals surface area contributed by atoms with Crippen molar-refractivity contribution in [2.45, 2.75) is 65.0 Å². The number of carbonyl (C=O) groups excluding carboxylic acids is 2. The van der Waals surface area contributed by atoms with E-state index in [-0.39, 0.29) is 24.0 Å². The molecule has 5 rings (SSSR count). The Morgan fingerprint density at radius 2 is 1.92 bits per heavy atom. The van der Waals surface area contributed by atoms with E-state index in [4.69, 9.17) is 13.9 Å². The van der Waals surface area contributed by atoms with Crippen molar-refractivity contribution < 1.29 is 23.5 Å². The fraction of sp³-hybridized carbons (Fsp3) is 0.448. The predicted molar refractivity (Wildman–Crippen MR) is 144 cm³/mol. The summed E-state index contributed by atoms with van der Waals surface area (Å²) in [5.74, 6) is 1.25. The van der Waals surface area contributed by atoms with E-state index in [9.17, 15) is 9.59 Å². The lowest BCUT2D eigenvalue weighted by atomic mass is 9.90. The normalized spacial score (nSPS) is 19.8. The van der Waals surface area contributed by atoms with Crippen molar-refractivity contribution in [2.75, 3.05) is 13.2 Å². The van der Waals surface area contributed by atoms with E-state index < -0.39 is 5.60 Å². The molecule has 2 aromatic carbocycles. The Balaban J connectivity index is 1.25. The van der Waals surface area contributed by atoms with Gasteiger partial charge in [0.05, 0.1) is 11.8 Å². The van der Waals surface area contributed by atoms with Gasteiger partial charge in [0.2, 0.25) is 11.8 Å². The third-order valence-corrected chi connectivity index (χ3v) is 6.85. The van der Waals surface area contributed by atoms with Gasteiger partial charge < -0.3 is 18.8 Å². The molecule has 2 unspecified atom stereocenters. The molecule has 3 aromatic rings. The van der Waals surface area contributed by atoms with Crippen molar-refractivity contribution in [1.82, 2.24) is 15.3 Å². The van der Waals surface area contributed by atoms with Crippen molar-refractivity contribution in [3.05, 3.63) is 48.0 Å². The molecule has 2 aliphatic heterocycles. The summed E-state index contributed by atoms with van der Waals surface area (Å²) < 4.78 is 17.6. The minimum atomic E-state index is -0.521. The highest BCUT2D eigenvalue weighted by atomic mass is 16.6. The van der Waals surface area contributed by atoms with E-state index in [2.05, 4.69) is 22.4 Å². The molecule has 3 heterocycles. The minimum Gasteiger partial charge on any atom is -0.491 e. The zero-order chi connectivity index (χ0) is 26.9. The van der Waals surface area contributed by atoms with Gasteiger partial charge in [-0.1, -0.05) is 13.0 Å². The molecule has 2 amide bonds. The molecular weight excluding hydrogens is 484 g/mol. The van der Waals surface area contributed by atoms with Crippen LogP contribution in [0.15, 0.2) is 52.0 Å². The summed E-state index contributed by atoms with van der Waals surface area (Å²) in [4.78, 5) is 30.7. The highest BCUT2D eigenvalue weighted by Crippen LogP contribution is 2.29. The molecule has 1 N–H and O–H groups in total. The molecule has 38 heavy (non-hydrogen) atoms. The van der Waals surface area contributed by atoms with Gasteiger partial charge >= 0.3 is 6.09 Å². The van der Waals surface area contributed by atoms with Crippen LogP contribution in [0.1, 0.15) is 58.9 Å². The van der Waals surface area contributed by atoms with Crippen LogP contribution >= 0.6 is 0 Å². The Hall–Kier alpha value is -3.88. The molecule has 2 atom stereocenters. The molecule has 0 aliphatic carbocycles. The average Bonchev–Trinajstić information content (AvgIpc) is 3.53. The van der Waals surface area contributed by atoms with Crippen LogP contribution in [0.2, 0.25) is 0 Å². The van der Waals surface area contributed by atoms with Crippen LogP contribution in [-0.4, -0.2) is 52.4 Å². The molecule has 0 radical (unpaired) electrons. The number of aromatic nitrogens is 1. The van der Waals surface area contributed by atoms with Gasteiger partial charge in [0.15, 0.2) is 5.58 Å². The molecule has 9 nitrogen and oxygen atoms in total. The van der Waals surface area contributed by atoms with Gasteiger partial charge in [0.1, 0.15) is 23.5 Å². The molecule has 0 saturated carbocycles. The van der Waals surface area contributed by atoms with Gasteiger partial charge in [0.25, 0.3) is 0 Å². The summed E-state index contributed by atoms with van der Waals surface area (Å²) >= 11 is 0. The second-order valence-corrected chi connectivity index (χ2v) is 10.8. The first kappa shape index (κ1) is 25.8. The second kappa shape index (κ2) is 10.5. The van der Waals surface area contributed by atoms with Crippen LogP contribution in [0.4, 0.5) is 4.79 Å². The number of hydrogen-bond acceptors (Lipinski definition) is 7. The highest BCUT2D eigenvalue weighted by Gasteiger charge is 2.32. The number of fused-ring (bicyclic) bond motifs is 1. The molecule has 1 aromatic heterocycles. The largest absolute Gasteiger partial charge is 0.491 e. The molecule has 1 saturated heterocycles. The third kappa shape index (κ3) is 5.66. The Bertz CT molecular complexity index is 1360. The molecule has 0 spiro atoms. The summed E-state index contributed by atoms with van der Waals surface area (Å²) in [5, 5.41) is 4.30. The Kier molecular flexibility index (Phi) is 7.10. The van der Waals surface area contributed by atoms with Crippen molar-refractivity contribution in [3.8, 4) is 17.2 Å². The van der Waals surface area contributed by atoms with Crippen LogP contribution < -0.4 is 10.2 Å². The number of oxazole rings is 1. The van der Waals surface area contributed by atoms with Crippen LogP contribution in [0, 0.1) is 5.92 Å². The van der Waals surface area contributed by atoms with Gasteiger partial charge in [-0.05, 0) is 76.4 Å². The zero-order valence-electron chi connectivity index (χ0n) is 22.3. The van der Waals surface area contributed by atoms with Crippen LogP contribution in [-0.2, 0) is 9.53 Å². The molecule has 2 aliphatic rings. The quantitative estimate of drug-likeness (QED) is 0.460. The predicted octanol–water partition coefficient (Wildman–Crippen LogP) is 5.52. The van der Waals surface area contributed by atoms with Crippen molar-refractivity contribution in [1.29, 1.82) is 0 Å². The maximum absolute atomic E-state index is 12.5. The summed E-state index contributed by atoms with van der Waals surface area (Å²) in [5.41, 5.74) is 6.10. The SMILES string of the molecule is CCC1CC(=O)NN=C1c1ccc2nc(-c3ccc(OCC4CCCN4C(=O)OC(C)(C)C)cc3)oc2c1. The van der Waals surface area contributed by atoms with Gasteiger partial charge in [-0.2, -0.15) is 5.10 Å². The van der Waals surface area contributed by atoms with Gasteiger partial charge in [-0.15, -0.1) is 0 Å². The van der Waals surface area contributed by atoms with E-state index in [0.29, 0.717) is 36.8 Å². The van der Waals surface area contributed by atoms with Crippen LogP contribution in [0.25, 0.3) is 22.6 Å². The number of hydrogen-bond donors (Lipinski definition) is 1. The number of nitrogens with zero attached hydrogens (tertiary/aromatic N) is 3. The lowest BCUT2D eigenvalue weighted by Crippen LogP contribution is -2.42. The third-order valence-electron chi connectivity index (χ3n) is 6.85. The molecule has 200 valence electrons. The lowest BCUT2D eigenvalue weighted by Gasteiger charge is -2.28. The average molecular weight is 519 g/mol. The maximum atomic E-state index is 12.5. The summed E-state index contributed by atoms with van der Waals surface area (Å²) in [6.07, 6.45) is 2.81. The van der Waals surface area contributed by atoms with Crippen molar-refractivity contribution >= 4 is 28.8 Å². The standard InChI is InChI=1S/C29H34N4O5/c1-5-18-16-25(34)31-32-26(18)20-10-13-23-24(15-20)37-27(30-23)19-8-11-22(12-9-19)36-17-21-7-6-14-33(21)28(35)38-29(2,3)4/h8-13,15,18,21H,5-7,14,16-17H2,1-4H3,(H,31,34). The van der Waals surface area contributed by atoms with E-state index in [1.54, 1.807) is 4.90 Å². The Labute approximate surface area is 222 Å². The van der Waals surface area contributed by atoms with E-state index in [1.807, 2.05) is 63.2 Å². The fourth-order valence-electron chi connectivity index (χ4n) is 4.88. The zero-order valence-corrected chi connectivity index (χ0v) is 22.3. The topological polar surface area (TPSA) is 106 Å². The van der Waals surface area contributed by atoms with Crippen LogP contribution in [0.5, 0.6) is 5.75 Å². The first-order chi connectivity index (χ1) is 18.2. The molecule has 9 heteroatoms. The number of likely N-dealkylation sites (tertiary alicyclic amines) is 1. The lowest BCUT2D eigenvalue weighted by molar-refractivity contribution is -0.122. The number of ether oxygens (including phenoxy) is 2. The van der Waals surface area contributed by atoms with E-state index in [0.717, 1.165) is 41.6 Å². The smallest absolute Gasteiger partial charge is 0.410 e. The maximum Gasteiger partial charge on any atom is 0.410 e. The van der Waals surface area contributed by atoms with E-state index in [1.165, 1.54) is 0 Å². The fourth-order valence-corrected chi connectivity index (χ4v) is 4.88. The van der Waals surface area contributed by atoms with Crippen molar-refractivity contribution in [2.24, 2.45) is 11.0 Å². The summed E-state index contributed by atoms with van der Waals surface area (Å²) in [6, 6.07) is 13.4. The Morgan fingerprint density at radius 1 is 1.16 bits per heavy atom. The van der Waals surface area contributed by atoms with Gasteiger partial charge in [0, 0.05) is 30.0 Å². The first-order valence-electron chi connectivity index (χ1n) is 13.2. The van der Waals surface area contributed by atoms with Crippen LogP contribution in [0.3, 0.4) is 0 Å². The summed E-state index contributed by atoms with van der Waals surface area (Å²) in [7, 11) is 0. The number of rotatable bonds is 6. The van der Waals surface area contributed by atoms with Gasteiger partial charge in [-0.3, -0.25) is 4.79 Å². The molecule has 1 fully saturated rings. The number of amides is 2. The minimum absolute atomic E-state index is 0.00911. The second-order valence-electron chi connectivity index (χ2n) is 10.8. The summed E-state index contributed by atoms with van der Waals surface area (Å²) in [6.45, 7) is 8.77. The number of nitrogens with one attached hydrogen (secondary N) is 1. The molecular formula is C29H34N4O5. The number of benzene rings is 2. The Morgan fingerprint density at radius 3 is 2.66 bits per heavy atom. The van der Waals surface area contributed by atoms with E-state index >= 15 is 0 Å². The monoisotopic (exact) mass is 518 g/mol. The molecule has 0 bridgehead atoms. The highest BCUT2D eigenvalue weighted by molar-refractivity contribution is 6.07. The first-order valence-corrected chi connectivity index (χ1v) is 13.2. The number of hydrazone groups is 1. The number of carbonyl (C=O) groups is 2. The van der Waals surface area contributed by atoms with Gasteiger partial charge in [-0.25, -0.2) is 15.2 Å².